The minimum absolute atomic E-state index is 0. The molecule has 2 aromatic rings. The fourth-order valence-corrected chi connectivity index (χ4v) is 6.57. The molecule has 0 aromatic carbocycles. The van der Waals surface area contributed by atoms with Gasteiger partial charge >= 0.3 is 138 Å². The zero-order valence-corrected chi connectivity index (χ0v) is 48.2. The molecular formula is C30H44Br3Cs2F2N5O9S. The molecule has 4 aliphatic heterocycles. The Morgan fingerprint density at radius 3 is 1.81 bits per heavy atom. The summed E-state index contributed by atoms with van der Waals surface area (Å²) >= 11 is 9.89. The first-order valence-corrected chi connectivity index (χ1v) is 19.9. The largest absolute Gasteiger partial charge is 1.00 e. The van der Waals surface area contributed by atoms with Crippen LogP contribution in [0.4, 0.5) is 8.78 Å². The average Bonchev–Trinajstić information content (AvgIpc) is 3.79. The first-order chi connectivity index (χ1) is 23.8. The van der Waals surface area contributed by atoms with Gasteiger partial charge in [0, 0.05) is 56.0 Å². The molecule has 6 heterocycles. The molecule has 0 unspecified atom stereocenters. The summed E-state index contributed by atoms with van der Waals surface area (Å²) in [5, 5.41) is 16.9. The summed E-state index contributed by atoms with van der Waals surface area (Å²) in [5.41, 5.74) is 2.15. The molecule has 0 bridgehead atoms. The van der Waals surface area contributed by atoms with Crippen molar-refractivity contribution in [2.45, 2.75) is 77.0 Å². The van der Waals surface area contributed by atoms with Crippen molar-refractivity contribution >= 4 is 70.1 Å². The molecule has 14 nitrogen and oxygen atoms in total. The van der Waals surface area contributed by atoms with Crippen LogP contribution in [0.25, 0.3) is 0 Å². The van der Waals surface area contributed by atoms with Crippen molar-refractivity contribution in [3.05, 3.63) is 43.3 Å². The van der Waals surface area contributed by atoms with E-state index >= 15 is 0 Å². The van der Waals surface area contributed by atoms with Crippen LogP contribution in [0.2, 0.25) is 0 Å². The van der Waals surface area contributed by atoms with Gasteiger partial charge in [0.25, 0.3) is 23.0 Å². The van der Waals surface area contributed by atoms with E-state index in [2.05, 4.69) is 84.8 Å². The second-order valence-corrected chi connectivity index (χ2v) is 15.3. The van der Waals surface area contributed by atoms with Crippen molar-refractivity contribution < 1.29 is 190 Å². The molecule has 3 fully saturated rings. The van der Waals surface area contributed by atoms with Crippen LogP contribution in [0.1, 0.15) is 76.8 Å². The minimum atomic E-state index is -3.28. The van der Waals surface area contributed by atoms with Crippen LogP contribution in [-0.4, -0.2) is 98.7 Å². The van der Waals surface area contributed by atoms with Crippen LogP contribution in [0.3, 0.4) is 0 Å². The first-order valence-electron chi connectivity index (χ1n) is 15.7. The van der Waals surface area contributed by atoms with Crippen LogP contribution in [0.5, 0.6) is 0 Å². The quantitative estimate of drug-likeness (QED) is 0.161. The smallest absolute Gasteiger partial charge is 1.00 e. The third kappa shape index (κ3) is 22.0. The summed E-state index contributed by atoms with van der Waals surface area (Å²) in [4.78, 5) is 15.3. The Labute approximate surface area is 448 Å². The van der Waals surface area contributed by atoms with Gasteiger partial charge in [0.05, 0.1) is 51.8 Å². The summed E-state index contributed by atoms with van der Waals surface area (Å²) in [6, 6.07) is 0.563. The van der Waals surface area contributed by atoms with E-state index in [-0.39, 0.29) is 164 Å². The van der Waals surface area contributed by atoms with Crippen molar-refractivity contribution in [2.75, 3.05) is 52.4 Å². The molecule has 22 heteroatoms. The number of halogens is 5. The van der Waals surface area contributed by atoms with Gasteiger partial charge in [-0.2, -0.15) is 18.6 Å². The molecule has 52 heavy (non-hydrogen) atoms. The van der Waals surface area contributed by atoms with E-state index in [4.69, 9.17) is 28.4 Å². The molecule has 0 N–H and O–H groups in total. The van der Waals surface area contributed by atoms with Gasteiger partial charge in [-0.05, 0) is 106 Å². The summed E-state index contributed by atoms with van der Waals surface area (Å²) in [7, 11) is -3.28. The number of aryl methyl sites for hydroxylation is 1. The maximum atomic E-state index is 12.8. The van der Waals surface area contributed by atoms with Crippen LogP contribution in [0.15, 0.2) is 36.9 Å². The van der Waals surface area contributed by atoms with Gasteiger partial charge in [0.15, 0.2) is 0 Å². The molecular weight excluding hydrogens is 1150 g/mol. The number of ether oxygens (including phenoxy) is 3. The van der Waals surface area contributed by atoms with E-state index in [1.807, 2.05) is 13.8 Å². The first kappa shape index (κ1) is 54.5. The number of carbonyl (C=O) groups is 1. The Morgan fingerprint density at radius 2 is 1.44 bits per heavy atom. The fourth-order valence-electron chi connectivity index (χ4n) is 4.88. The molecule has 0 radical (unpaired) electrons. The van der Waals surface area contributed by atoms with Gasteiger partial charge in [-0.1, -0.05) is 0 Å². The number of aliphatic imine (C=N–C) groups is 1. The Morgan fingerprint density at radius 1 is 0.942 bits per heavy atom. The summed E-state index contributed by atoms with van der Waals surface area (Å²) in [6.07, 6.45) is 8.94. The van der Waals surface area contributed by atoms with Gasteiger partial charge in [0.2, 0.25) is 0 Å². The van der Waals surface area contributed by atoms with Crippen LogP contribution in [0, 0.1) is 6.92 Å². The Hall–Kier alpha value is 2.45. The molecule has 3 saturated heterocycles. The molecule has 6 rings (SSSR count). The standard InChI is InChI=1S/C9H11BrF2N2O.C9H13BrN2O.C6H12O4S.C5H6BrN.CH2O3.2Cs.H/c10-7-5-13-14(8(7)9(11)12)6-1-3-15-4-2-6;1-7-9(10)6-12(11-7)8-2-4-13-5-3-8;1-11(7,8)10-6-2-4-9-5-3-6;1-4-5(6)2-3-7-4;2-1-4-3;;;/h5-6,9H,1-4H2;6,8H,2-5H2,1H3;6H,2-5H2,1H3;2H,3H2,1H3;1,3H;;;/q;;;;;2*+1;-1/p-1. The zero-order chi connectivity index (χ0) is 37.1. The third-order valence-electron chi connectivity index (χ3n) is 7.42. The fraction of sp³-hybridized carbons (Fsp3) is 0.667. The van der Waals surface area contributed by atoms with Gasteiger partial charge in [-0.25, -0.2) is 8.78 Å². The van der Waals surface area contributed by atoms with Gasteiger partial charge in [-0.15, -0.1) is 0 Å². The maximum absolute atomic E-state index is 12.8. The zero-order valence-electron chi connectivity index (χ0n) is 31.0. The molecule has 0 aliphatic carbocycles. The van der Waals surface area contributed by atoms with E-state index in [0.29, 0.717) is 49.8 Å². The Kier molecular flexibility index (Phi) is 31.9. The van der Waals surface area contributed by atoms with Crippen molar-refractivity contribution in [1.82, 2.24) is 19.6 Å². The monoisotopic (exact) mass is 1190 g/mol. The average molecular weight is 1190 g/mol. The molecule has 0 saturated carbocycles. The molecule has 2 aromatic heterocycles. The molecule has 4 aliphatic rings. The molecule has 0 atom stereocenters. The number of allylic oxidation sites excluding steroid dienone is 1. The predicted molar refractivity (Wildman–Crippen MR) is 191 cm³/mol. The number of aromatic nitrogens is 4. The minimum Gasteiger partial charge on any atom is -1.00 e. The van der Waals surface area contributed by atoms with Crippen LogP contribution in [-0.2, 0) is 38.2 Å². The number of alkyl halides is 2. The number of carbonyl (C=O) groups excluding carboxylic acids is 1. The Balaban J connectivity index is 0. The number of rotatable bonds is 6. The van der Waals surface area contributed by atoms with Crippen molar-refractivity contribution in [3.63, 3.8) is 0 Å². The Bertz CT molecular complexity index is 1440. The second kappa shape index (κ2) is 30.5. The number of nitrogens with zero attached hydrogens (tertiary/aromatic N) is 5. The normalized spacial score (nSPS) is 17.8. The predicted octanol–water partition coefficient (Wildman–Crippen LogP) is -0.323. The number of hydrogen-bond donors (Lipinski definition) is 0. The van der Waals surface area contributed by atoms with E-state index < -0.39 is 16.5 Å². The van der Waals surface area contributed by atoms with Crippen molar-refractivity contribution in [3.8, 4) is 0 Å². The van der Waals surface area contributed by atoms with Crippen LogP contribution < -0.4 is 143 Å². The molecule has 0 spiro atoms. The second-order valence-electron chi connectivity index (χ2n) is 11.1. The summed E-state index contributed by atoms with van der Waals surface area (Å²) in [6.45, 7) is 8.83. The van der Waals surface area contributed by atoms with Gasteiger partial charge in [0.1, 0.15) is 5.69 Å². The van der Waals surface area contributed by atoms with Crippen LogP contribution >= 0.6 is 47.8 Å². The maximum Gasteiger partial charge on any atom is 1.00 e. The SMILES string of the molecule is CC1=NCC=C1Br.CS(=O)(=O)OC1CCOCC1.Cc1nn(C2CCOCC2)cc1Br.FC(F)c1c(Br)cnn1C1CCOCC1.O=CO[O-].[Cs+].[Cs+].[H-]. The van der Waals surface area contributed by atoms with Gasteiger partial charge < -0.3 is 25.8 Å². The molecule has 0 amide bonds. The van der Waals surface area contributed by atoms with Gasteiger partial charge in [-0.3, -0.25) is 23.3 Å². The van der Waals surface area contributed by atoms with Crippen molar-refractivity contribution in [2.24, 2.45) is 4.99 Å². The van der Waals surface area contributed by atoms with Crippen molar-refractivity contribution in [1.29, 1.82) is 0 Å². The topological polar surface area (TPSA) is 168 Å². The number of hydrogen-bond acceptors (Lipinski definition) is 12. The molecule has 286 valence electrons. The van der Waals surface area contributed by atoms with E-state index in [0.717, 1.165) is 72.1 Å². The van der Waals surface area contributed by atoms with E-state index in [1.165, 1.54) is 10.9 Å². The summed E-state index contributed by atoms with van der Waals surface area (Å²) < 4.78 is 73.2. The van der Waals surface area contributed by atoms with E-state index in [9.17, 15) is 17.2 Å². The third-order valence-corrected chi connectivity index (χ3v) is 10.3. The van der Waals surface area contributed by atoms with E-state index in [1.54, 1.807) is 0 Å². The summed E-state index contributed by atoms with van der Waals surface area (Å²) in [5.74, 6) is 0.